The summed E-state index contributed by atoms with van der Waals surface area (Å²) in [6, 6.07) is 6.54. The zero-order valence-electron chi connectivity index (χ0n) is 10.2. The standard InChI is InChI=1S/C12H14N2O3S/c1-9(2)11(15)7-14-8-13-18(16,17)12-6-4-3-5-10(12)14/h3-6,8-9H,7H2,1-2H3. The first-order chi connectivity index (χ1) is 8.42. The second kappa shape index (κ2) is 4.53. The van der Waals surface area contributed by atoms with Crippen LogP contribution in [-0.2, 0) is 14.8 Å². The Balaban J connectivity index is 2.39. The molecule has 5 nitrogen and oxygen atoms in total. The van der Waals surface area contributed by atoms with Crippen LogP contribution in [0.3, 0.4) is 0 Å². The molecule has 1 aromatic rings. The number of ketones is 1. The molecule has 96 valence electrons. The lowest BCUT2D eigenvalue weighted by Gasteiger charge is -2.24. The van der Waals surface area contributed by atoms with Gasteiger partial charge in [0.2, 0.25) is 0 Å². The van der Waals surface area contributed by atoms with Crippen molar-refractivity contribution in [1.29, 1.82) is 0 Å². The summed E-state index contributed by atoms with van der Waals surface area (Å²) in [6.45, 7) is 3.76. The molecule has 18 heavy (non-hydrogen) atoms. The number of hydrogen-bond acceptors (Lipinski definition) is 4. The molecule has 1 heterocycles. The molecule has 1 aliphatic heterocycles. The number of rotatable bonds is 3. The topological polar surface area (TPSA) is 66.8 Å². The fourth-order valence-electron chi connectivity index (χ4n) is 1.63. The van der Waals surface area contributed by atoms with E-state index in [4.69, 9.17) is 0 Å². The predicted molar refractivity (Wildman–Crippen MR) is 69.3 cm³/mol. The molecule has 0 spiro atoms. The molecular weight excluding hydrogens is 252 g/mol. The lowest BCUT2D eigenvalue weighted by molar-refractivity contribution is -0.120. The minimum Gasteiger partial charge on any atom is -0.323 e. The maximum absolute atomic E-state index is 11.7. The molecule has 1 aliphatic rings. The minimum absolute atomic E-state index is 0.0375. The Labute approximate surface area is 106 Å². The van der Waals surface area contributed by atoms with E-state index in [2.05, 4.69) is 4.40 Å². The van der Waals surface area contributed by atoms with Crippen molar-refractivity contribution in [2.45, 2.75) is 18.7 Å². The van der Waals surface area contributed by atoms with E-state index in [1.807, 2.05) is 13.8 Å². The summed E-state index contributed by atoms with van der Waals surface area (Å²) >= 11 is 0. The van der Waals surface area contributed by atoms with Crippen LogP contribution in [0.5, 0.6) is 0 Å². The summed E-state index contributed by atoms with van der Waals surface area (Å²) in [4.78, 5) is 13.4. The third-order valence-corrected chi connectivity index (χ3v) is 4.02. The van der Waals surface area contributed by atoms with E-state index in [-0.39, 0.29) is 23.1 Å². The van der Waals surface area contributed by atoms with Gasteiger partial charge in [-0.25, -0.2) is 0 Å². The van der Waals surface area contributed by atoms with Gasteiger partial charge in [0.15, 0.2) is 5.78 Å². The Kier molecular flexibility index (Phi) is 3.21. The third kappa shape index (κ3) is 2.28. The van der Waals surface area contributed by atoms with Crippen LogP contribution < -0.4 is 4.90 Å². The van der Waals surface area contributed by atoms with Gasteiger partial charge in [-0.2, -0.15) is 8.42 Å². The summed E-state index contributed by atoms with van der Waals surface area (Å²) in [6.07, 6.45) is 1.21. The summed E-state index contributed by atoms with van der Waals surface area (Å²) in [5.74, 6) is -0.0559. The average molecular weight is 266 g/mol. The molecule has 0 atom stereocenters. The molecule has 6 heteroatoms. The number of sulfonamides is 1. The number of carbonyl (C=O) groups is 1. The molecule has 1 aromatic carbocycles. The first-order valence-corrected chi connectivity index (χ1v) is 7.04. The van der Waals surface area contributed by atoms with Crippen molar-refractivity contribution in [1.82, 2.24) is 0 Å². The van der Waals surface area contributed by atoms with Crippen molar-refractivity contribution in [2.75, 3.05) is 11.4 Å². The Bertz CT molecular complexity index is 606. The summed E-state index contributed by atoms with van der Waals surface area (Å²) in [5, 5.41) is 0. The molecule has 0 aliphatic carbocycles. The average Bonchev–Trinajstić information content (AvgIpc) is 2.33. The van der Waals surface area contributed by atoms with Crippen LogP contribution in [0.2, 0.25) is 0 Å². The fraction of sp³-hybridized carbons (Fsp3) is 0.333. The van der Waals surface area contributed by atoms with Crippen LogP contribution in [-0.4, -0.2) is 27.1 Å². The van der Waals surface area contributed by atoms with Gasteiger partial charge in [-0.05, 0) is 12.1 Å². The molecule has 0 saturated carbocycles. The highest BCUT2D eigenvalue weighted by atomic mass is 32.2. The highest BCUT2D eigenvalue weighted by molar-refractivity contribution is 7.90. The normalized spacial score (nSPS) is 16.7. The second-order valence-electron chi connectivity index (χ2n) is 4.41. The third-order valence-electron chi connectivity index (χ3n) is 2.75. The smallest absolute Gasteiger partial charge is 0.285 e. The van der Waals surface area contributed by atoms with Crippen LogP contribution in [0.25, 0.3) is 0 Å². The maximum Gasteiger partial charge on any atom is 0.285 e. The van der Waals surface area contributed by atoms with Crippen molar-refractivity contribution in [3.05, 3.63) is 24.3 Å². The zero-order valence-corrected chi connectivity index (χ0v) is 11.0. The molecule has 0 unspecified atom stereocenters. The highest BCUT2D eigenvalue weighted by Gasteiger charge is 2.26. The van der Waals surface area contributed by atoms with Crippen LogP contribution in [0.1, 0.15) is 13.8 Å². The van der Waals surface area contributed by atoms with Crippen LogP contribution in [0.4, 0.5) is 5.69 Å². The highest BCUT2D eigenvalue weighted by Crippen LogP contribution is 2.29. The van der Waals surface area contributed by atoms with Gasteiger partial charge in [0, 0.05) is 5.92 Å². The van der Waals surface area contributed by atoms with E-state index in [1.165, 1.54) is 12.4 Å². The molecule has 0 aromatic heterocycles. The van der Waals surface area contributed by atoms with Crippen molar-refractivity contribution in [3.63, 3.8) is 0 Å². The van der Waals surface area contributed by atoms with Crippen LogP contribution >= 0.6 is 0 Å². The monoisotopic (exact) mass is 266 g/mol. The van der Waals surface area contributed by atoms with Crippen molar-refractivity contribution < 1.29 is 13.2 Å². The molecule has 0 N–H and O–H groups in total. The van der Waals surface area contributed by atoms with E-state index in [9.17, 15) is 13.2 Å². The lowest BCUT2D eigenvalue weighted by atomic mass is 10.1. The Morgan fingerprint density at radius 2 is 2.00 bits per heavy atom. The van der Waals surface area contributed by atoms with Crippen molar-refractivity contribution in [2.24, 2.45) is 10.3 Å². The van der Waals surface area contributed by atoms with Gasteiger partial charge in [0.05, 0.1) is 12.2 Å². The number of fused-ring (bicyclic) bond motifs is 1. The lowest BCUT2D eigenvalue weighted by Crippen LogP contribution is -2.34. The second-order valence-corrected chi connectivity index (χ2v) is 6.01. The number of benzene rings is 1. The zero-order chi connectivity index (χ0) is 13.3. The van der Waals surface area contributed by atoms with Crippen LogP contribution in [0, 0.1) is 5.92 Å². The van der Waals surface area contributed by atoms with Gasteiger partial charge in [0.25, 0.3) is 10.0 Å². The molecule has 0 bridgehead atoms. The number of carbonyl (C=O) groups excluding carboxylic acids is 1. The quantitative estimate of drug-likeness (QED) is 0.830. The number of para-hydroxylation sites is 1. The molecule has 2 rings (SSSR count). The van der Waals surface area contributed by atoms with E-state index >= 15 is 0 Å². The van der Waals surface area contributed by atoms with Gasteiger partial charge < -0.3 is 4.90 Å². The maximum atomic E-state index is 11.7. The van der Waals surface area contributed by atoms with Crippen LogP contribution in [0.15, 0.2) is 33.6 Å². The van der Waals surface area contributed by atoms with Gasteiger partial charge in [0.1, 0.15) is 11.2 Å². The molecule has 0 amide bonds. The van der Waals surface area contributed by atoms with E-state index in [1.54, 1.807) is 23.1 Å². The first-order valence-electron chi connectivity index (χ1n) is 5.60. The summed E-state index contributed by atoms with van der Waals surface area (Å²) < 4.78 is 27.0. The Hall–Kier alpha value is -1.69. The van der Waals surface area contributed by atoms with E-state index in [0.717, 1.165) is 0 Å². The largest absolute Gasteiger partial charge is 0.323 e. The van der Waals surface area contributed by atoms with Gasteiger partial charge in [-0.1, -0.05) is 26.0 Å². The van der Waals surface area contributed by atoms with Gasteiger partial charge >= 0.3 is 0 Å². The number of hydrogen-bond donors (Lipinski definition) is 0. The predicted octanol–water partition coefficient (Wildman–Crippen LogP) is 1.45. The molecule has 0 radical (unpaired) electrons. The summed E-state index contributed by atoms with van der Waals surface area (Å²) in [5.41, 5.74) is 0.501. The van der Waals surface area contributed by atoms with Crippen molar-refractivity contribution >= 4 is 27.8 Å². The van der Waals surface area contributed by atoms with Gasteiger partial charge in [-0.15, -0.1) is 4.40 Å². The number of Topliss-reactive ketones (excluding diaryl/α,β-unsaturated/α-hetero) is 1. The minimum atomic E-state index is -3.61. The Morgan fingerprint density at radius 3 is 2.67 bits per heavy atom. The SMILES string of the molecule is CC(C)C(=O)CN1C=NS(=O)(=O)c2ccccc21. The Morgan fingerprint density at radius 1 is 1.33 bits per heavy atom. The summed E-state index contributed by atoms with van der Waals surface area (Å²) in [7, 11) is -3.61. The molecule has 0 saturated heterocycles. The van der Waals surface area contributed by atoms with E-state index < -0.39 is 10.0 Å². The fourth-order valence-corrected chi connectivity index (χ4v) is 2.68. The number of nitrogens with zero attached hydrogens (tertiary/aromatic N) is 2. The van der Waals surface area contributed by atoms with Gasteiger partial charge in [-0.3, -0.25) is 4.79 Å². The molecular formula is C12H14N2O3S. The molecule has 0 fully saturated rings. The van der Waals surface area contributed by atoms with E-state index in [0.29, 0.717) is 5.69 Å². The first kappa shape index (κ1) is 12.8. The number of anilines is 1. The van der Waals surface area contributed by atoms with Crippen molar-refractivity contribution in [3.8, 4) is 0 Å².